The Hall–Kier alpha value is -4.38. The maximum absolute atomic E-state index is 13.8. The van der Waals surface area contributed by atoms with Crippen LogP contribution < -0.4 is 11.1 Å². The van der Waals surface area contributed by atoms with Crippen molar-refractivity contribution in [3.8, 4) is 21.9 Å². The average molecular weight is 544 g/mol. The molecule has 0 saturated carbocycles. The molecule has 5 heterocycles. The second-order valence-corrected chi connectivity index (χ2v) is 10.4. The predicted molar refractivity (Wildman–Crippen MR) is 149 cm³/mol. The van der Waals surface area contributed by atoms with E-state index in [1.807, 2.05) is 24.9 Å². The van der Waals surface area contributed by atoms with Gasteiger partial charge in [-0.3, -0.25) is 9.78 Å². The van der Waals surface area contributed by atoms with Gasteiger partial charge >= 0.3 is 6.01 Å². The highest BCUT2D eigenvalue weighted by Crippen LogP contribution is 2.46. The number of nitrogen functional groups attached to an aromatic ring is 1. The lowest BCUT2D eigenvalue weighted by Gasteiger charge is -2.15. The van der Waals surface area contributed by atoms with E-state index < -0.39 is 0 Å². The Kier molecular flexibility index (Phi) is 6.43. The van der Waals surface area contributed by atoms with E-state index in [0.29, 0.717) is 48.3 Å². The Morgan fingerprint density at radius 2 is 1.95 bits per heavy atom. The fourth-order valence-electron chi connectivity index (χ4n) is 5.07. The number of carbonyl (C=O) groups is 1. The Bertz CT molecular complexity index is 1700. The Labute approximate surface area is 227 Å². The number of nitrogens with one attached hydrogen (secondary N) is 1. The molecule has 0 fully saturated rings. The van der Waals surface area contributed by atoms with Crippen LogP contribution in [0.5, 0.6) is 0 Å². The van der Waals surface area contributed by atoms with E-state index >= 15 is 0 Å². The van der Waals surface area contributed by atoms with Crippen molar-refractivity contribution < 1.29 is 13.6 Å². The number of nitrogens with two attached hydrogens (primary N) is 1. The molecule has 5 aromatic rings. The lowest BCUT2D eigenvalue weighted by molar-refractivity contribution is 0.0779. The molecule has 0 radical (unpaired) electrons. The van der Waals surface area contributed by atoms with Gasteiger partial charge in [-0.15, -0.1) is 16.4 Å². The molecule has 4 aromatic heterocycles. The van der Waals surface area contributed by atoms with Gasteiger partial charge in [-0.25, -0.2) is 9.37 Å². The van der Waals surface area contributed by atoms with Gasteiger partial charge in [0.1, 0.15) is 11.6 Å². The molecule has 0 spiro atoms. The topological polar surface area (TPSA) is 123 Å². The van der Waals surface area contributed by atoms with E-state index in [1.54, 1.807) is 18.3 Å². The lowest BCUT2D eigenvalue weighted by Crippen LogP contribution is -2.24. The molecule has 3 N–H and O–H groups in total. The summed E-state index contributed by atoms with van der Waals surface area (Å²) in [7, 11) is 1.83. The molecule has 0 atom stereocenters. The van der Waals surface area contributed by atoms with E-state index in [0.717, 1.165) is 38.5 Å². The summed E-state index contributed by atoms with van der Waals surface area (Å²) in [6.07, 6.45) is 3.71. The first kappa shape index (κ1) is 24.9. The average Bonchev–Trinajstić information content (AvgIpc) is 3.64. The third-order valence-electron chi connectivity index (χ3n) is 6.82. The summed E-state index contributed by atoms with van der Waals surface area (Å²) in [4.78, 5) is 25.9. The maximum Gasteiger partial charge on any atom is 0.313 e. The zero-order chi connectivity index (χ0) is 27.1. The van der Waals surface area contributed by atoms with Crippen LogP contribution in [0.1, 0.15) is 40.7 Å². The van der Waals surface area contributed by atoms with Gasteiger partial charge < -0.3 is 20.4 Å². The van der Waals surface area contributed by atoms with Crippen molar-refractivity contribution in [1.82, 2.24) is 25.1 Å². The van der Waals surface area contributed by atoms with Crippen molar-refractivity contribution in [2.45, 2.75) is 32.7 Å². The molecular formula is C28H26FN7O2S. The fourth-order valence-corrected chi connectivity index (χ4v) is 6.28. The zero-order valence-corrected chi connectivity index (χ0v) is 22.3. The monoisotopic (exact) mass is 543 g/mol. The van der Waals surface area contributed by atoms with Crippen molar-refractivity contribution in [2.24, 2.45) is 0 Å². The number of thiophene rings is 1. The first-order chi connectivity index (χ1) is 19.0. The van der Waals surface area contributed by atoms with Crippen LogP contribution in [0.25, 0.3) is 32.0 Å². The summed E-state index contributed by atoms with van der Waals surface area (Å²) in [5.74, 6) is 0.609. The number of hydrogen-bond donors (Lipinski definition) is 2. The van der Waals surface area contributed by atoms with Crippen molar-refractivity contribution in [2.75, 3.05) is 24.6 Å². The molecule has 39 heavy (non-hydrogen) atoms. The van der Waals surface area contributed by atoms with Crippen LogP contribution in [0.15, 0.2) is 47.0 Å². The number of amides is 1. The van der Waals surface area contributed by atoms with Gasteiger partial charge in [0.25, 0.3) is 11.8 Å². The molecule has 9 nitrogen and oxygen atoms in total. The summed E-state index contributed by atoms with van der Waals surface area (Å²) >= 11 is 1.54. The Morgan fingerprint density at radius 1 is 1.13 bits per heavy atom. The molecule has 1 aromatic carbocycles. The van der Waals surface area contributed by atoms with Crippen molar-refractivity contribution in [3.63, 3.8) is 0 Å². The number of aryl methyl sites for hydroxylation is 2. The zero-order valence-electron chi connectivity index (χ0n) is 21.5. The molecule has 0 unspecified atom stereocenters. The summed E-state index contributed by atoms with van der Waals surface area (Å²) < 4.78 is 20.2. The fraction of sp³-hybridized carbons (Fsp3) is 0.250. The predicted octanol–water partition coefficient (Wildman–Crippen LogP) is 5.32. The number of rotatable bonds is 8. The van der Waals surface area contributed by atoms with Gasteiger partial charge in [0, 0.05) is 30.2 Å². The molecule has 1 amide bonds. The third-order valence-corrected chi connectivity index (χ3v) is 7.99. The smallest absolute Gasteiger partial charge is 0.313 e. The first-order valence-electron chi connectivity index (χ1n) is 12.7. The van der Waals surface area contributed by atoms with E-state index in [9.17, 15) is 9.18 Å². The molecule has 0 aliphatic carbocycles. The van der Waals surface area contributed by atoms with Crippen molar-refractivity contribution in [3.05, 3.63) is 70.9 Å². The Morgan fingerprint density at radius 3 is 2.67 bits per heavy atom. The number of hydrogen-bond acceptors (Lipinski definition) is 9. The third kappa shape index (κ3) is 4.48. The molecule has 1 aliphatic rings. The van der Waals surface area contributed by atoms with Gasteiger partial charge in [0.05, 0.1) is 33.8 Å². The molecule has 198 valence electrons. The molecule has 0 bridgehead atoms. The molecule has 0 saturated heterocycles. The number of aromatic nitrogens is 4. The second kappa shape index (κ2) is 10.1. The summed E-state index contributed by atoms with van der Waals surface area (Å²) in [6, 6.07) is 10.4. The largest absolute Gasteiger partial charge is 0.403 e. The van der Waals surface area contributed by atoms with Gasteiger partial charge in [-0.1, -0.05) is 24.2 Å². The highest BCUT2D eigenvalue weighted by Gasteiger charge is 2.36. The van der Waals surface area contributed by atoms with Gasteiger partial charge in [-0.05, 0) is 54.5 Å². The molecule has 1 aliphatic heterocycles. The first-order valence-corrected chi connectivity index (χ1v) is 13.5. The highest BCUT2D eigenvalue weighted by atomic mass is 32.1. The van der Waals surface area contributed by atoms with Gasteiger partial charge in [-0.2, -0.15) is 0 Å². The van der Waals surface area contributed by atoms with Crippen LogP contribution in [-0.2, 0) is 19.4 Å². The normalized spacial score (nSPS) is 12.9. The minimum Gasteiger partial charge on any atom is -0.403 e. The number of anilines is 2. The van der Waals surface area contributed by atoms with E-state index in [-0.39, 0.29) is 23.6 Å². The number of fused-ring (bicyclic) bond motifs is 2. The Balaban J connectivity index is 1.59. The van der Waals surface area contributed by atoms with Crippen molar-refractivity contribution in [1.29, 1.82) is 0 Å². The van der Waals surface area contributed by atoms with Crippen LogP contribution in [0, 0.1) is 5.82 Å². The standard InChI is InChI=1S/C28H26FN7O2S/c1-3-12-36-14-19-22(27(36)37)23(20-13-16-10-11-32-25(31-2)24(16)39-20)21(26-34-35-28(30)38-26)18(33-19)9-6-15-4-7-17(29)8-5-15/h4-5,7-8,10-11,13H,3,6,9,12,14H2,1-2H3,(H2,30,35)(H,31,32). The van der Waals surface area contributed by atoms with E-state index in [2.05, 4.69) is 26.6 Å². The second-order valence-electron chi connectivity index (χ2n) is 9.37. The molecule has 6 rings (SSSR count). The number of benzene rings is 1. The van der Waals surface area contributed by atoms with Crippen LogP contribution >= 0.6 is 11.3 Å². The minimum absolute atomic E-state index is 0.0714. The SMILES string of the molecule is CCCN1Cc2nc(CCc3ccc(F)cc3)c(-c3nnc(N)o3)c(-c3cc4ccnc(NC)c4s3)c2C1=O. The summed E-state index contributed by atoms with van der Waals surface area (Å²) in [6.45, 7) is 3.10. The van der Waals surface area contributed by atoms with Gasteiger partial charge in [0.2, 0.25) is 0 Å². The van der Waals surface area contributed by atoms with Crippen molar-refractivity contribution >= 4 is 39.2 Å². The van der Waals surface area contributed by atoms with E-state index in [4.69, 9.17) is 15.1 Å². The number of carbonyl (C=O) groups excluding carboxylic acids is 1. The van der Waals surface area contributed by atoms with Crippen LogP contribution in [0.4, 0.5) is 16.2 Å². The van der Waals surface area contributed by atoms with Crippen LogP contribution in [0.2, 0.25) is 0 Å². The summed E-state index contributed by atoms with van der Waals surface area (Å²) in [5.41, 5.74) is 10.1. The molecular weight excluding hydrogens is 517 g/mol. The number of pyridine rings is 2. The van der Waals surface area contributed by atoms with Gasteiger partial charge in [0.15, 0.2) is 0 Å². The summed E-state index contributed by atoms with van der Waals surface area (Å²) in [5, 5.41) is 12.3. The van der Waals surface area contributed by atoms with Crippen LogP contribution in [0.3, 0.4) is 0 Å². The minimum atomic E-state index is -0.284. The highest BCUT2D eigenvalue weighted by molar-refractivity contribution is 7.22. The number of nitrogens with zero attached hydrogens (tertiary/aromatic N) is 5. The van der Waals surface area contributed by atoms with Crippen LogP contribution in [-0.4, -0.2) is 44.6 Å². The quantitative estimate of drug-likeness (QED) is 0.270. The number of halogens is 1. The molecule has 11 heteroatoms. The lowest BCUT2D eigenvalue weighted by atomic mass is 9.94. The van der Waals surface area contributed by atoms with E-state index in [1.165, 1.54) is 23.5 Å². The maximum atomic E-state index is 13.8.